The van der Waals surface area contributed by atoms with Gasteiger partial charge in [-0.25, -0.2) is 25.3 Å². The monoisotopic (exact) mass is 482 g/mol. The van der Waals surface area contributed by atoms with Gasteiger partial charge >= 0.3 is 0 Å². The van der Waals surface area contributed by atoms with Crippen molar-refractivity contribution < 1.29 is 14.4 Å². The Morgan fingerprint density at radius 2 is 1.97 bits per heavy atom. The molecule has 4 heterocycles. The molecule has 2 N–H and O–H groups in total. The number of hydrogen-bond donors (Lipinski definition) is 2. The number of piperidine rings is 1. The summed E-state index contributed by atoms with van der Waals surface area (Å²) in [5.41, 5.74) is 3.89. The number of carbonyl (C=O) groups excluding carboxylic acids is 1. The van der Waals surface area contributed by atoms with Crippen LogP contribution in [-0.2, 0) is 16.1 Å². The van der Waals surface area contributed by atoms with Crippen LogP contribution in [0.4, 0.5) is 5.95 Å². The normalized spacial score (nSPS) is 19.4. The van der Waals surface area contributed by atoms with Gasteiger partial charge in [-0.1, -0.05) is 12.1 Å². The van der Waals surface area contributed by atoms with Crippen molar-refractivity contribution in [2.24, 2.45) is 5.92 Å². The molecule has 9 nitrogen and oxygen atoms in total. The van der Waals surface area contributed by atoms with Gasteiger partial charge in [-0.3, -0.25) is 4.79 Å². The molecule has 1 amide bonds. The second-order valence-corrected chi connectivity index (χ2v) is 9.87. The van der Waals surface area contributed by atoms with Crippen LogP contribution >= 0.6 is 11.3 Å². The van der Waals surface area contributed by atoms with Gasteiger partial charge in [0.2, 0.25) is 5.95 Å². The lowest BCUT2D eigenvalue weighted by atomic mass is 9.97. The summed E-state index contributed by atoms with van der Waals surface area (Å²) in [4.78, 5) is 33.3. The van der Waals surface area contributed by atoms with Gasteiger partial charge in [-0.2, -0.15) is 0 Å². The van der Waals surface area contributed by atoms with Crippen LogP contribution in [0.1, 0.15) is 47.5 Å². The third-order valence-electron chi connectivity index (χ3n) is 6.27. The first kappa shape index (κ1) is 23.1. The fourth-order valence-corrected chi connectivity index (χ4v) is 5.24. The van der Waals surface area contributed by atoms with E-state index < -0.39 is 0 Å². The first-order chi connectivity index (χ1) is 16.7. The first-order valence-electron chi connectivity index (χ1n) is 11.9. The number of anilines is 1. The summed E-state index contributed by atoms with van der Waals surface area (Å²) in [6.07, 6.45) is 7.72. The zero-order valence-corrected chi connectivity index (χ0v) is 19.9. The van der Waals surface area contributed by atoms with Crippen LogP contribution in [0.3, 0.4) is 0 Å². The Balaban J connectivity index is 1.03. The summed E-state index contributed by atoms with van der Waals surface area (Å²) >= 11 is 1.75. The van der Waals surface area contributed by atoms with Gasteiger partial charge in [0.05, 0.1) is 15.8 Å². The number of hydrogen-bond acceptors (Lipinski definition) is 9. The second-order valence-electron chi connectivity index (χ2n) is 8.75. The van der Waals surface area contributed by atoms with Gasteiger partial charge < -0.3 is 15.0 Å². The molecule has 1 unspecified atom stereocenters. The summed E-state index contributed by atoms with van der Waals surface area (Å²) in [6, 6.07) is 8.26. The Hall–Kier alpha value is -2.66. The molecule has 1 atom stereocenters. The van der Waals surface area contributed by atoms with Crippen LogP contribution in [0.25, 0.3) is 10.2 Å². The number of thiazole rings is 1. The topological polar surface area (TPSA) is 102 Å². The van der Waals surface area contributed by atoms with Crippen molar-refractivity contribution in [1.29, 1.82) is 0 Å². The van der Waals surface area contributed by atoms with Crippen LogP contribution < -0.4 is 15.7 Å². The molecule has 3 aromatic rings. The lowest BCUT2D eigenvalue weighted by Gasteiger charge is -2.32. The molecule has 34 heavy (non-hydrogen) atoms. The lowest BCUT2D eigenvalue weighted by molar-refractivity contribution is -0.186. The maximum atomic E-state index is 12.3. The Morgan fingerprint density at radius 3 is 2.74 bits per heavy atom. The summed E-state index contributed by atoms with van der Waals surface area (Å²) in [5.74, 6) is 0.919. The van der Waals surface area contributed by atoms with E-state index in [9.17, 15) is 4.79 Å². The number of para-hydroxylation sites is 1. The molecular weight excluding hydrogens is 452 g/mol. The molecule has 2 fully saturated rings. The van der Waals surface area contributed by atoms with Crippen LogP contribution in [0.5, 0.6) is 0 Å². The number of benzene rings is 1. The number of nitrogens with one attached hydrogen (secondary N) is 2. The summed E-state index contributed by atoms with van der Waals surface area (Å²) in [6.45, 7) is 4.26. The predicted molar refractivity (Wildman–Crippen MR) is 130 cm³/mol. The van der Waals surface area contributed by atoms with Crippen molar-refractivity contribution in [3.8, 4) is 0 Å². The maximum Gasteiger partial charge on any atom is 0.278 e. The van der Waals surface area contributed by atoms with Crippen LogP contribution in [0, 0.1) is 5.92 Å². The molecule has 0 spiro atoms. The highest BCUT2D eigenvalue weighted by atomic mass is 32.1. The molecule has 2 saturated heterocycles. The average Bonchev–Trinajstić information content (AvgIpc) is 3.31. The van der Waals surface area contributed by atoms with Gasteiger partial charge in [-0.05, 0) is 50.3 Å². The van der Waals surface area contributed by atoms with Gasteiger partial charge in [0.15, 0.2) is 6.29 Å². The van der Waals surface area contributed by atoms with Crippen molar-refractivity contribution in [1.82, 2.24) is 25.7 Å². The quantitative estimate of drug-likeness (QED) is 0.472. The average molecular weight is 483 g/mol. The van der Waals surface area contributed by atoms with E-state index in [1.54, 1.807) is 23.7 Å². The van der Waals surface area contributed by atoms with E-state index in [0.29, 0.717) is 24.0 Å². The molecule has 1 aromatic carbocycles. The van der Waals surface area contributed by atoms with E-state index in [1.165, 1.54) is 4.70 Å². The molecule has 0 radical (unpaired) electrons. The van der Waals surface area contributed by atoms with E-state index in [-0.39, 0.29) is 12.2 Å². The molecule has 0 bridgehead atoms. The largest absolute Gasteiger partial charge is 0.350 e. The number of rotatable bonds is 8. The minimum absolute atomic E-state index is 0.362. The van der Waals surface area contributed by atoms with Crippen LogP contribution in [0.15, 0.2) is 36.7 Å². The number of ether oxygens (including phenoxy) is 1. The SMILES string of the molecule is O=C(NOC1CCCCO1)c1cnc(N2CCC(CNCc3nc4ccccc4s3)CC2)nc1. The number of aromatic nitrogens is 3. The van der Waals surface area contributed by atoms with Gasteiger partial charge in [0, 0.05) is 45.1 Å². The molecule has 2 aromatic heterocycles. The van der Waals surface area contributed by atoms with Crippen molar-refractivity contribution >= 4 is 33.4 Å². The van der Waals surface area contributed by atoms with Crippen molar-refractivity contribution in [3.05, 3.63) is 47.2 Å². The van der Waals surface area contributed by atoms with E-state index >= 15 is 0 Å². The summed E-state index contributed by atoms with van der Waals surface area (Å²) in [7, 11) is 0. The zero-order chi connectivity index (χ0) is 23.2. The second kappa shape index (κ2) is 11.2. The predicted octanol–water partition coefficient (Wildman–Crippen LogP) is 3.28. The van der Waals surface area contributed by atoms with Gasteiger partial charge in [0.1, 0.15) is 5.01 Å². The number of carbonyl (C=O) groups is 1. The molecule has 0 aliphatic carbocycles. The maximum absolute atomic E-state index is 12.3. The van der Waals surface area contributed by atoms with Gasteiger partial charge in [-0.15, -0.1) is 11.3 Å². The minimum Gasteiger partial charge on any atom is -0.350 e. The smallest absolute Gasteiger partial charge is 0.278 e. The lowest BCUT2D eigenvalue weighted by Crippen LogP contribution is -2.38. The molecule has 5 rings (SSSR count). The Morgan fingerprint density at radius 1 is 1.15 bits per heavy atom. The first-order valence-corrected chi connectivity index (χ1v) is 12.8. The van der Waals surface area contributed by atoms with E-state index in [4.69, 9.17) is 14.6 Å². The molecular formula is C24H30N6O3S. The highest BCUT2D eigenvalue weighted by Gasteiger charge is 2.22. The number of hydroxylamine groups is 1. The minimum atomic E-state index is -0.380. The molecule has 0 saturated carbocycles. The fourth-order valence-electron chi connectivity index (χ4n) is 4.30. The van der Waals surface area contributed by atoms with E-state index in [2.05, 4.69) is 43.9 Å². The fraction of sp³-hybridized carbons (Fsp3) is 0.500. The summed E-state index contributed by atoms with van der Waals surface area (Å²) < 4.78 is 6.69. The van der Waals surface area contributed by atoms with E-state index in [0.717, 1.165) is 68.8 Å². The third-order valence-corrected chi connectivity index (χ3v) is 7.30. The van der Waals surface area contributed by atoms with Crippen molar-refractivity contribution in [2.75, 3.05) is 31.1 Å². The standard InChI is InChI=1S/C24H30N6O3S/c31-23(29-33-22-7-3-4-12-32-22)18-14-26-24(27-15-18)30-10-8-17(9-11-30)13-25-16-21-28-19-5-1-2-6-20(19)34-21/h1-2,5-6,14-15,17,22,25H,3-4,7-13,16H2,(H,29,31). The Bertz CT molecular complexity index is 1040. The number of nitrogens with zero attached hydrogens (tertiary/aromatic N) is 4. The number of fused-ring (bicyclic) bond motifs is 1. The molecule has 10 heteroatoms. The van der Waals surface area contributed by atoms with Gasteiger partial charge in [0.25, 0.3) is 5.91 Å². The Labute approximate surface area is 202 Å². The van der Waals surface area contributed by atoms with Crippen molar-refractivity contribution in [3.63, 3.8) is 0 Å². The third kappa shape index (κ3) is 5.87. The molecule has 2 aliphatic rings. The molecule has 180 valence electrons. The highest BCUT2D eigenvalue weighted by Crippen LogP contribution is 2.23. The zero-order valence-electron chi connectivity index (χ0n) is 19.1. The molecule has 2 aliphatic heterocycles. The Kier molecular flexibility index (Phi) is 7.59. The van der Waals surface area contributed by atoms with Crippen molar-refractivity contribution in [2.45, 2.75) is 44.9 Å². The van der Waals surface area contributed by atoms with Crippen LogP contribution in [-0.4, -0.2) is 53.4 Å². The summed E-state index contributed by atoms with van der Waals surface area (Å²) in [5, 5.41) is 4.71. The van der Waals surface area contributed by atoms with Crippen LogP contribution in [0.2, 0.25) is 0 Å². The highest BCUT2D eigenvalue weighted by molar-refractivity contribution is 7.18. The number of amides is 1. The van der Waals surface area contributed by atoms with E-state index in [1.807, 2.05) is 6.07 Å².